The average molecular weight is 806 g/mol. The lowest BCUT2D eigenvalue weighted by molar-refractivity contribution is -0.139. The highest BCUT2D eigenvalue weighted by molar-refractivity contribution is 6.06. The van der Waals surface area contributed by atoms with Crippen LogP contribution in [0.3, 0.4) is 0 Å². The number of nitrogens with zero attached hydrogens (tertiary/aromatic N) is 2. The molecule has 8 bridgehead atoms. The van der Waals surface area contributed by atoms with Crippen LogP contribution in [-0.2, 0) is 11.2 Å². The Hall–Kier alpha value is -8.36. The Balaban J connectivity index is 1.27. The van der Waals surface area contributed by atoms with E-state index < -0.39 is 17.9 Å². The van der Waals surface area contributed by atoms with E-state index in [9.17, 15) is 14.7 Å². The number of nitrogens with one attached hydrogen (secondary N) is 3. The molecular formula is C54H39N5O3. The average Bonchev–Trinajstić information content (AvgIpc) is 4.16. The maximum absolute atomic E-state index is 14.4. The van der Waals surface area contributed by atoms with Gasteiger partial charge in [-0.25, -0.2) is 14.8 Å². The summed E-state index contributed by atoms with van der Waals surface area (Å²) in [6.45, 7) is 0. The molecule has 8 heteroatoms. The lowest BCUT2D eigenvalue weighted by atomic mass is 9.97. The van der Waals surface area contributed by atoms with Crippen molar-refractivity contribution in [1.82, 2.24) is 25.3 Å². The second kappa shape index (κ2) is 16.4. The number of amides is 1. The largest absolute Gasteiger partial charge is 0.480 e. The first kappa shape index (κ1) is 37.9. The predicted molar refractivity (Wildman–Crippen MR) is 250 cm³/mol. The third kappa shape index (κ3) is 7.31. The number of fused-ring (bicyclic) bond motifs is 8. The molecule has 0 radical (unpaired) electrons. The summed E-state index contributed by atoms with van der Waals surface area (Å²) in [5.74, 6) is -1.63. The van der Waals surface area contributed by atoms with Gasteiger partial charge in [0, 0.05) is 56.3 Å². The molecule has 2 aliphatic heterocycles. The summed E-state index contributed by atoms with van der Waals surface area (Å²) in [6.07, 6.45) is 8.26. The summed E-state index contributed by atoms with van der Waals surface area (Å²) in [5, 5.41) is 13.1. The smallest absolute Gasteiger partial charge is 0.326 e. The number of carbonyl (C=O) groups is 2. The molecule has 0 saturated heterocycles. The topological polar surface area (TPSA) is 124 Å². The molecule has 5 aromatic carbocycles. The molecule has 0 saturated carbocycles. The predicted octanol–water partition coefficient (Wildman–Crippen LogP) is 11.7. The highest BCUT2D eigenvalue weighted by atomic mass is 16.4. The standard InChI is InChI=1S/C54H39N5O3/c60-53(59-48(54(61)62)33-34-15-5-1-6-16-34)39-24-14-13-23-38(39)52-46-31-29-44(57-46)50(36-19-9-3-10-20-36)42-27-25-40(55-42)49(35-17-7-2-8-18-35)41-26-28-43(56-41)51(37-21-11-4-12-22-37)45-30-32-47(52)58-45/h1-32,48,55,58H,33H2,(H,59,60)(H,61,62)/t48-/m0/s1. The summed E-state index contributed by atoms with van der Waals surface area (Å²) < 4.78 is 0. The molecule has 3 aromatic heterocycles. The molecule has 1 atom stereocenters. The molecule has 4 N–H and O–H groups in total. The molecular weight excluding hydrogens is 767 g/mol. The van der Waals surface area contributed by atoms with E-state index in [2.05, 4.69) is 76.0 Å². The van der Waals surface area contributed by atoms with Crippen LogP contribution in [0.1, 0.15) is 38.7 Å². The van der Waals surface area contributed by atoms with Crippen LogP contribution in [0, 0.1) is 0 Å². The monoisotopic (exact) mass is 805 g/mol. The third-order valence-corrected chi connectivity index (χ3v) is 11.3. The number of rotatable bonds is 9. The number of hydrogen-bond donors (Lipinski definition) is 4. The highest BCUT2D eigenvalue weighted by Crippen LogP contribution is 2.39. The first-order chi connectivity index (χ1) is 30.5. The zero-order valence-electron chi connectivity index (χ0n) is 33.4. The number of carboxylic acids is 1. The van der Waals surface area contributed by atoms with Crippen molar-refractivity contribution >= 4 is 58.2 Å². The van der Waals surface area contributed by atoms with E-state index in [0.717, 1.165) is 78.1 Å². The molecule has 1 amide bonds. The van der Waals surface area contributed by atoms with Gasteiger partial charge in [0.2, 0.25) is 0 Å². The zero-order valence-corrected chi connectivity index (χ0v) is 33.4. The molecule has 0 aliphatic carbocycles. The second-order valence-corrected chi connectivity index (χ2v) is 15.2. The molecule has 0 fully saturated rings. The van der Waals surface area contributed by atoms with Crippen molar-refractivity contribution in [2.75, 3.05) is 0 Å². The summed E-state index contributed by atoms with van der Waals surface area (Å²) in [6, 6.07) is 54.3. The van der Waals surface area contributed by atoms with Crippen LogP contribution < -0.4 is 5.32 Å². The normalized spacial score (nSPS) is 12.3. The van der Waals surface area contributed by atoms with E-state index in [-0.39, 0.29) is 6.42 Å². The minimum Gasteiger partial charge on any atom is -0.480 e. The van der Waals surface area contributed by atoms with Crippen LogP contribution in [-0.4, -0.2) is 43.0 Å². The van der Waals surface area contributed by atoms with Gasteiger partial charge in [0.05, 0.1) is 22.8 Å². The lowest BCUT2D eigenvalue weighted by Crippen LogP contribution is -2.42. The molecule has 2 aliphatic rings. The Labute approximate surface area is 357 Å². The van der Waals surface area contributed by atoms with Crippen molar-refractivity contribution in [3.8, 4) is 44.5 Å². The maximum atomic E-state index is 14.4. The van der Waals surface area contributed by atoms with Crippen LogP contribution in [0.4, 0.5) is 0 Å². The molecule has 5 heterocycles. The van der Waals surface area contributed by atoms with E-state index in [1.807, 2.05) is 121 Å². The summed E-state index contributed by atoms with van der Waals surface area (Å²) in [4.78, 5) is 45.2. The van der Waals surface area contributed by atoms with E-state index in [1.54, 1.807) is 12.1 Å². The zero-order chi connectivity index (χ0) is 42.0. The lowest BCUT2D eigenvalue weighted by Gasteiger charge is -2.17. The molecule has 8 nitrogen and oxygen atoms in total. The van der Waals surface area contributed by atoms with Crippen LogP contribution in [0.2, 0.25) is 0 Å². The van der Waals surface area contributed by atoms with Crippen molar-refractivity contribution < 1.29 is 14.7 Å². The Morgan fingerprint density at radius 2 is 0.839 bits per heavy atom. The number of benzene rings is 5. The molecule has 298 valence electrons. The Kier molecular flexibility index (Phi) is 9.99. The quantitative estimate of drug-likeness (QED) is 0.116. The van der Waals surface area contributed by atoms with E-state index in [4.69, 9.17) is 9.97 Å². The minimum absolute atomic E-state index is 0.132. The van der Waals surface area contributed by atoms with Gasteiger partial charge in [-0.2, -0.15) is 0 Å². The van der Waals surface area contributed by atoms with Crippen LogP contribution in [0.15, 0.2) is 170 Å². The summed E-state index contributed by atoms with van der Waals surface area (Å²) >= 11 is 0. The van der Waals surface area contributed by atoms with Gasteiger partial charge in [-0.15, -0.1) is 0 Å². The van der Waals surface area contributed by atoms with Gasteiger partial charge in [-0.3, -0.25) is 4.79 Å². The van der Waals surface area contributed by atoms with Gasteiger partial charge in [0.15, 0.2) is 0 Å². The van der Waals surface area contributed by atoms with Crippen LogP contribution in [0.5, 0.6) is 0 Å². The third-order valence-electron chi connectivity index (χ3n) is 11.3. The Morgan fingerprint density at radius 3 is 1.27 bits per heavy atom. The fraction of sp³-hybridized carbons (Fsp3) is 0.0370. The number of H-pyrrole nitrogens is 2. The van der Waals surface area contributed by atoms with Crippen molar-refractivity contribution in [1.29, 1.82) is 0 Å². The van der Waals surface area contributed by atoms with Gasteiger partial charge >= 0.3 is 5.97 Å². The van der Waals surface area contributed by atoms with Gasteiger partial charge in [0.1, 0.15) is 6.04 Å². The van der Waals surface area contributed by atoms with Crippen molar-refractivity contribution in [2.45, 2.75) is 12.5 Å². The number of aromatic nitrogens is 4. The summed E-state index contributed by atoms with van der Waals surface area (Å²) in [5.41, 5.74) is 14.5. The van der Waals surface area contributed by atoms with Gasteiger partial charge in [-0.1, -0.05) is 140 Å². The fourth-order valence-corrected chi connectivity index (χ4v) is 8.40. The second-order valence-electron chi connectivity index (χ2n) is 15.2. The van der Waals surface area contributed by atoms with Crippen LogP contribution in [0.25, 0.3) is 90.9 Å². The molecule has 62 heavy (non-hydrogen) atoms. The minimum atomic E-state index is -1.15. The molecule has 0 spiro atoms. The first-order valence-corrected chi connectivity index (χ1v) is 20.5. The fourth-order valence-electron chi connectivity index (χ4n) is 8.40. The number of aromatic amines is 2. The van der Waals surface area contributed by atoms with Gasteiger partial charge < -0.3 is 20.4 Å². The van der Waals surface area contributed by atoms with Crippen molar-refractivity contribution in [3.05, 3.63) is 204 Å². The van der Waals surface area contributed by atoms with Gasteiger partial charge in [-0.05, 0) is 82.5 Å². The summed E-state index contributed by atoms with van der Waals surface area (Å²) in [7, 11) is 0. The van der Waals surface area contributed by atoms with Gasteiger partial charge in [0.25, 0.3) is 5.91 Å². The van der Waals surface area contributed by atoms with Crippen molar-refractivity contribution in [3.63, 3.8) is 0 Å². The number of carboxylic acid groups (broad SMARTS) is 1. The maximum Gasteiger partial charge on any atom is 0.326 e. The molecule has 10 rings (SSSR count). The number of aliphatic carboxylic acids is 1. The Morgan fingerprint density at radius 1 is 0.468 bits per heavy atom. The van der Waals surface area contributed by atoms with E-state index >= 15 is 0 Å². The SMILES string of the molecule is O=C(N[C@@H](Cc1ccccc1)C(=O)O)c1ccccc1-c1c2nc(c(-c3ccccc3)c3ccc([nH]3)c(-c3ccccc3)c3nc(c(-c4ccccc4)c4ccc1[nH]4)C=C3)C=C2. The molecule has 0 unspecified atom stereocenters. The number of hydrogen-bond acceptors (Lipinski definition) is 4. The number of carbonyl (C=O) groups excluding carboxylic acids is 1. The first-order valence-electron chi connectivity index (χ1n) is 20.5. The van der Waals surface area contributed by atoms with E-state index in [0.29, 0.717) is 22.4 Å². The van der Waals surface area contributed by atoms with Crippen LogP contribution >= 0.6 is 0 Å². The van der Waals surface area contributed by atoms with E-state index in [1.165, 1.54) is 0 Å². The molecule has 8 aromatic rings. The van der Waals surface area contributed by atoms with Crippen molar-refractivity contribution in [2.24, 2.45) is 0 Å². The Bertz CT molecular complexity index is 3190. The highest BCUT2D eigenvalue weighted by Gasteiger charge is 2.25.